The van der Waals surface area contributed by atoms with Gasteiger partial charge in [0.1, 0.15) is 10.6 Å². The van der Waals surface area contributed by atoms with E-state index in [1.165, 1.54) is 6.07 Å². The van der Waals surface area contributed by atoms with Crippen molar-refractivity contribution in [1.82, 2.24) is 0 Å². The van der Waals surface area contributed by atoms with E-state index in [1.54, 1.807) is 32.0 Å². The van der Waals surface area contributed by atoms with Crippen LogP contribution >= 0.6 is 0 Å². The van der Waals surface area contributed by atoms with Crippen LogP contribution in [-0.2, 0) is 16.3 Å². The number of rotatable bonds is 3. The highest BCUT2D eigenvalue weighted by atomic mass is 32.2. The van der Waals surface area contributed by atoms with Crippen LogP contribution in [0.4, 0.5) is 13.2 Å². The molecule has 0 radical (unpaired) electrons. The summed E-state index contributed by atoms with van der Waals surface area (Å²) in [6, 6.07) is 8.87. The van der Waals surface area contributed by atoms with E-state index in [9.17, 15) is 21.6 Å². The maximum absolute atomic E-state index is 13.0. The fraction of sp³-hybridized carbons (Fsp3) is 0.200. The molecule has 2 aromatic carbocycles. The summed E-state index contributed by atoms with van der Waals surface area (Å²) in [7, 11) is -4.59. The molecule has 0 N–H and O–H groups in total. The Morgan fingerprint density at radius 2 is 1.45 bits per heavy atom. The molecule has 0 saturated carbocycles. The number of halogens is 3. The van der Waals surface area contributed by atoms with Gasteiger partial charge >= 0.3 is 16.3 Å². The quantitative estimate of drug-likeness (QED) is 0.796. The normalized spacial score (nSPS) is 12.2. The van der Waals surface area contributed by atoms with Gasteiger partial charge in [-0.15, -0.1) is 0 Å². The van der Waals surface area contributed by atoms with Crippen LogP contribution < -0.4 is 4.18 Å². The van der Waals surface area contributed by atoms with Crippen molar-refractivity contribution in [3.63, 3.8) is 0 Å². The first kappa shape index (κ1) is 16.4. The molecule has 0 spiro atoms. The summed E-state index contributed by atoms with van der Waals surface area (Å²) >= 11 is 0. The molecule has 0 aromatic heterocycles. The van der Waals surface area contributed by atoms with Gasteiger partial charge in [0.25, 0.3) is 0 Å². The molecule has 0 unspecified atom stereocenters. The summed E-state index contributed by atoms with van der Waals surface area (Å²) in [4.78, 5) is -0.898. The molecule has 2 aromatic rings. The van der Waals surface area contributed by atoms with Crippen molar-refractivity contribution >= 4 is 10.1 Å². The van der Waals surface area contributed by atoms with E-state index in [0.717, 1.165) is 12.1 Å². The molecule has 118 valence electrons. The standard InChI is InChI=1S/C15H13F3O3S/c1-10-6-5-7-11(2)14(10)21-22(19,20)13-9-4-3-8-12(13)15(16,17)18/h3-9H,1-2H3. The van der Waals surface area contributed by atoms with Crippen molar-refractivity contribution in [2.75, 3.05) is 0 Å². The topological polar surface area (TPSA) is 43.4 Å². The molecule has 3 nitrogen and oxygen atoms in total. The predicted octanol–water partition coefficient (Wildman–Crippen LogP) is 4.09. The SMILES string of the molecule is Cc1cccc(C)c1OS(=O)(=O)c1ccccc1C(F)(F)F. The average molecular weight is 330 g/mol. The third-order valence-corrected chi connectivity index (χ3v) is 4.34. The van der Waals surface area contributed by atoms with E-state index in [1.807, 2.05) is 0 Å². The average Bonchev–Trinajstić information content (AvgIpc) is 2.42. The van der Waals surface area contributed by atoms with E-state index in [4.69, 9.17) is 4.18 Å². The van der Waals surface area contributed by atoms with Crippen molar-refractivity contribution in [3.05, 3.63) is 59.2 Å². The first-order chi connectivity index (χ1) is 10.1. The first-order valence-corrected chi connectivity index (χ1v) is 7.70. The third-order valence-electron chi connectivity index (χ3n) is 3.06. The highest BCUT2D eigenvalue weighted by Gasteiger charge is 2.37. The summed E-state index contributed by atoms with van der Waals surface area (Å²) in [5.41, 5.74) is -0.206. The molecule has 22 heavy (non-hydrogen) atoms. The molecule has 0 atom stereocenters. The number of aryl methyl sites for hydroxylation is 2. The van der Waals surface area contributed by atoms with Crippen LogP contribution in [0.1, 0.15) is 16.7 Å². The minimum atomic E-state index is -4.78. The lowest BCUT2D eigenvalue weighted by molar-refractivity contribution is -0.139. The Hall–Kier alpha value is -2.02. The second-order valence-corrected chi connectivity index (χ2v) is 6.27. The zero-order valence-electron chi connectivity index (χ0n) is 11.8. The molecule has 0 aliphatic carbocycles. The van der Waals surface area contributed by atoms with Gasteiger partial charge in [0.05, 0.1) is 5.56 Å². The lowest BCUT2D eigenvalue weighted by Gasteiger charge is -2.15. The van der Waals surface area contributed by atoms with Gasteiger partial charge in [-0.3, -0.25) is 0 Å². The van der Waals surface area contributed by atoms with Gasteiger partial charge < -0.3 is 4.18 Å². The second-order valence-electron chi connectivity index (χ2n) is 4.75. The summed E-state index contributed by atoms with van der Waals surface area (Å²) in [5, 5.41) is 0. The second kappa shape index (κ2) is 5.64. The minimum Gasteiger partial charge on any atom is -0.378 e. The smallest absolute Gasteiger partial charge is 0.378 e. The zero-order valence-corrected chi connectivity index (χ0v) is 12.6. The van der Waals surface area contributed by atoms with Crippen LogP contribution in [0.25, 0.3) is 0 Å². The van der Waals surface area contributed by atoms with E-state index < -0.39 is 26.8 Å². The molecule has 0 heterocycles. The maximum atomic E-state index is 13.0. The monoisotopic (exact) mass is 330 g/mol. The third kappa shape index (κ3) is 3.24. The van der Waals surface area contributed by atoms with Crippen molar-refractivity contribution in [1.29, 1.82) is 0 Å². The van der Waals surface area contributed by atoms with Gasteiger partial charge in [-0.1, -0.05) is 30.3 Å². The van der Waals surface area contributed by atoms with Gasteiger partial charge in [-0.2, -0.15) is 21.6 Å². The first-order valence-electron chi connectivity index (χ1n) is 6.30. The summed E-state index contributed by atoms with van der Waals surface area (Å²) in [6.45, 7) is 3.24. The number of hydrogen-bond donors (Lipinski definition) is 0. The van der Waals surface area contributed by atoms with Crippen molar-refractivity contribution in [2.45, 2.75) is 24.9 Å². The fourth-order valence-electron chi connectivity index (χ4n) is 2.00. The number of para-hydroxylation sites is 1. The summed E-state index contributed by atoms with van der Waals surface area (Å²) in [5.74, 6) is 0.0412. The molecule has 7 heteroatoms. The van der Waals surface area contributed by atoms with E-state index >= 15 is 0 Å². The molecular formula is C15H13F3O3S. The lowest BCUT2D eigenvalue weighted by atomic mass is 10.1. The van der Waals surface area contributed by atoms with Crippen LogP contribution in [0.15, 0.2) is 47.4 Å². The Kier molecular flexibility index (Phi) is 4.19. The Morgan fingerprint density at radius 1 is 0.909 bits per heavy atom. The van der Waals surface area contributed by atoms with Crippen LogP contribution in [0.3, 0.4) is 0 Å². The van der Waals surface area contributed by atoms with Gasteiger partial charge in [0, 0.05) is 0 Å². The highest BCUT2D eigenvalue weighted by Crippen LogP contribution is 2.35. The van der Waals surface area contributed by atoms with Crippen molar-refractivity contribution < 1.29 is 25.8 Å². The van der Waals surface area contributed by atoms with Gasteiger partial charge in [0.15, 0.2) is 0 Å². The molecule has 0 fully saturated rings. The molecule has 2 rings (SSSR count). The van der Waals surface area contributed by atoms with Gasteiger partial charge in [0.2, 0.25) is 0 Å². The van der Waals surface area contributed by atoms with Crippen molar-refractivity contribution in [3.8, 4) is 5.75 Å². The Morgan fingerprint density at radius 3 is 2.00 bits per heavy atom. The van der Waals surface area contributed by atoms with Crippen LogP contribution in [0.2, 0.25) is 0 Å². The Balaban J connectivity index is 2.54. The van der Waals surface area contributed by atoms with E-state index in [2.05, 4.69) is 0 Å². The maximum Gasteiger partial charge on any atom is 0.417 e. The number of benzene rings is 2. The predicted molar refractivity (Wildman–Crippen MR) is 75.2 cm³/mol. The molecule has 0 aliphatic heterocycles. The lowest BCUT2D eigenvalue weighted by Crippen LogP contribution is -2.17. The highest BCUT2D eigenvalue weighted by molar-refractivity contribution is 7.87. The van der Waals surface area contributed by atoms with E-state index in [-0.39, 0.29) is 5.75 Å². The van der Waals surface area contributed by atoms with Crippen LogP contribution in [0.5, 0.6) is 5.75 Å². The van der Waals surface area contributed by atoms with Crippen LogP contribution in [-0.4, -0.2) is 8.42 Å². The zero-order chi connectivity index (χ0) is 16.5. The summed E-state index contributed by atoms with van der Waals surface area (Å²) < 4.78 is 68.3. The van der Waals surface area contributed by atoms with Gasteiger partial charge in [-0.05, 0) is 37.1 Å². The number of hydrogen-bond acceptors (Lipinski definition) is 3. The summed E-state index contributed by atoms with van der Waals surface area (Å²) in [6.07, 6.45) is -4.78. The molecule has 0 amide bonds. The van der Waals surface area contributed by atoms with Gasteiger partial charge in [-0.25, -0.2) is 0 Å². The number of alkyl halides is 3. The minimum absolute atomic E-state index is 0.0412. The van der Waals surface area contributed by atoms with Crippen LogP contribution in [0, 0.1) is 13.8 Å². The largest absolute Gasteiger partial charge is 0.417 e. The Labute approximate surface area is 126 Å². The van der Waals surface area contributed by atoms with E-state index in [0.29, 0.717) is 17.2 Å². The molecule has 0 saturated heterocycles. The molecule has 0 aliphatic rings. The van der Waals surface area contributed by atoms with Crippen molar-refractivity contribution in [2.24, 2.45) is 0 Å². The molecular weight excluding hydrogens is 317 g/mol. The molecule has 0 bridgehead atoms. The fourth-order valence-corrected chi connectivity index (χ4v) is 3.27. The Bertz CT molecular complexity index is 776.